The molecule has 4 fully saturated rings. The van der Waals surface area contributed by atoms with Crippen LogP contribution < -0.4 is 0 Å². The van der Waals surface area contributed by atoms with Gasteiger partial charge in [0, 0.05) is 17.4 Å². The number of carbonyl (C=O) groups is 1. The molecule has 168 valence electrons. The number of hydrogen-bond donors (Lipinski definition) is 2. The molecule has 30 heavy (non-hydrogen) atoms. The second kappa shape index (κ2) is 8.02. The minimum Gasteiger partial charge on any atom is -0.481 e. The van der Waals surface area contributed by atoms with Crippen molar-refractivity contribution in [1.29, 1.82) is 0 Å². The second-order valence-corrected chi connectivity index (χ2v) is 11.5. The van der Waals surface area contributed by atoms with Crippen LogP contribution in [-0.4, -0.2) is 28.3 Å². The molecule has 0 amide bonds. The minimum atomic E-state index is -0.714. The molecule has 4 aliphatic rings. The summed E-state index contributed by atoms with van der Waals surface area (Å²) in [6.07, 6.45) is 9.39. The van der Waals surface area contributed by atoms with Gasteiger partial charge in [0.05, 0.1) is 6.10 Å². The fourth-order valence-corrected chi connectivity index (χ4v) is 8.89. The van der Waals surface area contributed by atoms with Crippen LogP contribution in [0, 0.1) is 46.3 Å². The second-order valence-electron chi connectivity index (χ2n) is 11.5. The minimum absolute atomic E-state index is 0.0788. The third kappa shape index (κ3) is 3.35. The summed E-state index contributed by atoms with van der Waals surface area (Å²) in [6.45, 7) is 6.98. The summed E-state index contributed by atoms with van der Waals surface area (Å²) in [7, 11) is 0. The lowest BCUT2D eigenvalue weighted by molar-refractivity contribution is -0.169. The number of aliphatic hydroxyl groups excluding tert-OH is 1. The third-order valence-electron chi connectivity index (χ3n) is 10.5. The van der Waals surface area contributed by atoms with E-state index in [9.17, 15) is 9.90 Å². The summed E-state index contributed by atoms with van der Waals surface area (Å²) in [6, 6.07) is 0.148. The molecule has 0 unspecified atom stereocenters. The van der Waals surface area contributed by atoms with Crippen LogP contribution in [0.5, 0.6) is 0 Å². The van der Waals surface area contributed by atoms with Gasteiger partial charge in [-0.1, -0.05) is 25.9 Å². The number of rotatable bonds is 5. The summed E-state index contributed by atoms with van der Waals surface area (Å²) >= 11 is 0. The maximum absolute atomic E-state index is 11.5. The van der Waals surface area contributed by atoms with E-state index in [4.69, 9.17) is 10.6 Å². The lowest BCUT2D eigenvalue weighted by atomic mass is 9.43. The van der Waals surface area contributed by atoms with Gasteiger partial charge in [0.2, 0.25) is 0 Å². The molecule has 0 saturated heterocycles. The van der Waals surface area contributed by atoms with E-state index in [2.05, 4.69) is 30.8 Å². The molecule has 0 aromatic carbocycles. The number of aliphatic carboxylic acids is 1. The maximum atomic E-state index is 11.5. The highest BCUT2D eigenvalue weighted by molar-refractivity contribution is 5.66. The molecule has 0 aromatic rings. The highest BCUT2D eigenvalue weighted by atomic mass is 16.4. The van der Waals surface area contributed by atoms with Gasteiger partial charge in [-0.3, -0.25) is 4.79 Å². The van der Waals surface area contributed by atoms with Crippen molar-refractivity contribution < 1.29 is 15.0 Å². The van der Waals surface area contributed by atoms with Crippen LogP contribution in [0.15, 0.2) is 5.11 Å². The van der Waals surface area contributed by atoms with Crippen LogP contribution in [0.4, 0.5) is 0 Å². The lowest BCUT2D eigenvalue weighted by Crippen LogP contribution is -2.58. The van der Waals surface area contributed by atoms with Gasteiger partial charge < -0.3 is 10.2 Å². The molecule has 0 radical (unpaired) electrons. The first-order valence-corrected chi connectivity index (χ1v) is 12.2. The van der Waals surface area contributed by atoms with E-state index >= 15 is 0 Å². The van der Waals surface area contributed by atoms with Crippen molar-refractivity contribution in [2.75, 3.05) is 0 Å². The highest BCUT2D eigenvalue weighted by Gasteiger charge is 2.63. The van der Waals surface area contributed by atoms with Crippen molar-refractivity contribution in [2.24, 2.45) is 51.5 Å². The van der Waals surface area contributed by atoms with Gasteiger partial charge >= 0.3 is 5.97 Å². The zero-order chi connectivity index (χ0) is 21.7. The molecule has 0 heterocycles. The van der Waals surface area contributed by atoms with E-state index in [1.165, 1.54) is 19.3 Å². The van der Waals surface area contributed by atoms with Gasteiger partial charge in [0.25, 0.3) is 0 Å². The number of azide groups is 1. The van der Waals surface area contributed by atoms with Crippen LogP contribution in [0.2, 0.25) is 0 Å². The molecule has 2 N–H and O–H groups in total. The average Bonchev–Trinajstić information content (AvgIpc) is 3.06. The van der Waals surface area contributed by atoms with Gasteiger partial charge in [0.1, 0.15) is 0 Å². The van der Waals surface area contributed by atoms with E-state index in [0.717, 1.165) is 32.1 Å². The smallest absolute Gasteiger partial charge is 0.303 e. The van der Waals surface area contributed by atoms with Crippen molar-refractivity contribution in [3.05, 3.63) is 10.4 Å². The van der Waals surface area contributed by atoms with Gasteiger partial charge in [0.15, 0.2) is 0 Å². The molecule has 4 aliphatic carbocycles. The molecular formula is C24H39N3O3. The fraction of sp³-hybridized carbons (Fsp3) is 0.958. The molecule has 0 bridgehead atoms. The molecule has 0 aromatic heterocycles. The zero-order valence-corrected chi connectivity index (χ0v) is 18.8. The molecule has 6 nitrogen and oxygen atoms in total. The van der Waals surface area contributed by atoms with Crippen molar-refractivity contribution in [2.45, 2.75) is 97.1 Å². The fourth-order valence-electron chi connectivity index (χ4n) is 8.89. The summed E-state index contributed by atoms with van der Waals surface area (Å²) in [5.74, 6) is 2.44. The molecule has 6 heteroatoms. The predicted octanol–water partition coefficient (Wildman–Crippen LogP) is 5.80. The average molecular weight is 418 g/mol. The van der Waals surface area contributed by atoms with E-state index in [1.54, 1.807) is 0 Å². The number of carboxylic acid groups (broad SMARTS) is 1. The summed E-state index contributed by atoms with van der Waals surface area (Å²) in [4.78, 5) is 14.2. The summed E-state index contributed by atoms with van der Waals surface area (Å²) in [5.41, 5.74) is 9.03. The monoisotopic (exact) mass is 417 g/mol. The Balaban J connectivity index is 1.55. The van der Waals surface area contributed by atoms with Gasteiger partial charge in [-0.05, 0) is 110 Å². The number of fused-ring (bicyclic) bond motifs is 5. The largest absolute Gasteiger partial charge is 0.481 e. The number of nitrogens with zero attached hydrogens (tertiary/aromatic N) is 3. The first kappa shape index (κ1) is 22.0. The quantitative estimate of drug-likeness (QED) is 0.335. The van der Waals surface area contributed by atoms with Crippen LogP contribution in [-0.2, 0) is 4.79 Å². The third-order valence-corrected chi connectivity index (χ3v) is 10.5. The van der Waals surface area contributed by atoms with Crippen LogP contribution in [0.1, 0.15) is 85.0 Å². The number of hydrogen-bond acceptors (Lipinski definition) is 3. The van der Waals surface area contributed by atoms with Crippen molar-refractivity contribution in [3.63, 3.8) is 0 Å². The normalized spacial score (nSPS) is 48.6. The number of aliphatic hydroxyl groups is 1. The Hall–Kier alpha value is -1.26. The van der Waals surface area contributed by atoms with Crippen LogP contribution in [0.25, 0.3) is 10.4 Å². The van der Waals surface area contributed by atoms with Crippen LogP contribution >= 0.6 is 0 Å². The maximum Gasteiger partial charge on any atom is 0.303 e. The van der Waals surface area contributed by atoms with E-state index in [0.29, 0.717) is 41.9 Å². The van der Waals surface area contributed by atoms with Crippen LogP contribution in [0.3, 0.4) is 0 Å². The molecule has 4 rings (SSSR count). The van der Waals surface area contributed by atoms with Gasteiger partial charge in [-0.25, -0.2) is 0 Å². The first-order valence-electron chi connectivity index (χ1n) is 12.2. The number of carboxylic acids is 1. The van der Waals surface area contributed by atoms with Crippen molar-refractivity contribution in [1.82, 2.24) is 0 Å². The van der Waals surface area contributed by atoms with Crippen molar-refractivity contribution in [3.8, 4) is 0 Å². The van der Waals surface area contributed by atoms with E-state index in [1.807, 2.05) is 0 Å². The summed E-state index contributed by atoms with van der Waals surface area (Å²) < 4.78 is 0. The van der Waals surface area contributed by atoms with E-state index in [-0.39, 0.29) is 29.4 Å². The Bertz CT molecular complexity index is 722. The molecule has 0 aliphatic heterocycles. The molecule has 4 saturated carbocycles. The van der Waals surface area contributed by atoms with Gasteiger partial charge in [-0.2, -0.15) is 0 Å². The summed E-state index contributed by atoms with van der Waals surface area (Å²) in [5, 5.41) is 24.7. The Labute approximate surface area is 180 Å². The van der Waals surface area contributed by atoms with Gasteiger partial charge in [-0.15, -0.1) is 0 Å². The van der Waals surface area contributed by atoms with Crippen molar-refractivity contribution >= 4 is 5.97 Å². The Kier molecular flexibility index (Phi) is 5.87. The zero-order valence-electron chi connectivity index (χ0n) is 18.8. The van der Waals surface area contributed by atoms with E-state index < -0.39 is 5.97 Å². The standard InChI is InChI=1S/C24H39N3O3/c1-14(4-9-22(29)30)18-7-8-19-17-6-5-15-12-16(26-27-25)10-11-23(15,2)20(17)13-21(28)24(18,19)3/h14-21,28H,4-13H2,1-3H3,(H,29,30)/t14-,15-,16+,17+,18-,19+,20+,21+,23+,24-/m1/s1. The SMILES string of the molecule is C[C@H](CCC(=O)O)[C@H]1CC[C@H]2[C@@H]3CC[C@@H]4C[C@@H](N=[N+]=[N-])CC[C@]4(C)[C@H]3C[C@H](O)[C@]12C. The lowest BCUT2D eigenvalue weighted by Gasteiger charge is -2.62. The predicted molar refractivity (Wildman–Crippen MR) is 116 cm³/mol. The molecule has 0 spiro atoms. The molecule has 10 atom stereocenters. The highest BCUT2D eigenvalue weighted by Crippen LogP contribution is 2.68. The Morgan fingerprint density at radius 1 is 1.17 bits per heavy atom. The Morgan fingerprint density at radius 3 is 2.63 bits per heavy atom. The molecular weight excluding hydrogens is 378 g/mol. The Morgan fingerprint density at radius 2 is 1.93 bits per heavy atom. The topological polar surface area (TPSA) is 106 Å². The first-order chi connectivity index (χ1) is 14.2.